The summed E-state index contributed by atoms with van der Waals surface area (Å²) in [5, 5.41) is 0. The molecule has 0 amide bonds. The van der Waals surface area contributed by atoms with Gasteiger partial charge in [0.1, 0.15) is 0 Å². The number of hydrogen-bond acceptors (Lipinski definition) is 3. The third-order valence-electron chi connectivity index (χ3n) is 3.41. The Bertz CT molecular complexity index is 346. The molecule has 0 aromatic carbocycles. The van der Waals surface area contributed by atoms with Crippen molar-refractivity contribution in [3.63, 3.8) is 0 Å². The summed E-state index contributed by atoms with van der Waals surface area (Å²) < 4.78 is 0. The van der Waals surface area contributed by atoms with Gasteiger partial charge in [-0.05, 0) is 49.9 Å². The Hall–Kier alpha value is -0.380. The number of nitrogens with zero attached hydrogens (tertiary/aromatic N) is 1. The Morgan fingerprint density at radius 3 is 2.82 bits per heavy atom. The van der Waals surface area contributed by atoms with Crippen molar-refractivity contribution in [1.29, 1.82) is 0 Å². The molecule has 0 saturated carbocycles. The summed E-state index contributed by atoms with van der Waals surface area (Å²) in [5.74, 6) is 1.49. The van der Waals surface area contributed by atoms with E-state index in [0.717, 1.165) is 24.9 Å². The minimum atomic E-state index is 0.727. The SMILES string of the molecule is CC(C)Cc1ccc(CN2CC[C@H](CN)C2)s1. The first kappa shape index (κ1) is 13.1. The van der Waals surface area contributed by atoms with Crippen molar-refractivity contribution in [1.82, 2.24) is 4.90 Å². The maximum absolute atomic E-state index is 5.72. The zero-order valence-corrected chi connectivity index (χ0v) is 11.8. The van der Waals surface area contributed by atoms with Crippen LogP contribution in [0.25, 0.3) is 0 Å². The van der Waals surface area contributed by atoms with Crippen LogP contribution in [0.4, 0.5) is 0 Å². The average Bonchev–Trinajstić information content (AvgIpc) is 2.88. The van der Waals surface area contributed by atoms with Crippen molar-refractivity contribution >= 4 is 11.3 Å². The second kappa shape index (κ2) is 5.98. The summed E-state index contributed by atoms with van der Waals surface area (Å²) in [7, 11) is 0. The quantitative estimate of drug-likeness (QED) is 0.873. The molecule has 1 fully saturated rings. The highest BCUT2D eigenvalue weighted by atomic mass is 32.1. The lowest BCUT2D eigenvalue weighted by atomic mass is 10.1. The molecule has 1 aliphatic rings. The zero-order chi connectivity index (χ0) is 12.3. The number of rotatable bonds is 5. The minimum absolute atomic E-state index is 0.727. The maximum atomic E-state index is 5.72. The van der Waals surface area contributed by atoms with Crippen LogP contribution in [0, 0.1) is 11.8 Å². The molecule has 1 aromatic rings. The molecule has 1 saturated heterocycles. The molecular formula is C14H24N2S. The van der Waals surface area contributed by atoms with E-state index in [-0.39, 0.29) is 0 Å². The number of nitrogens with two attached hydrogens (primary N) is 1. The van der Waals surface area contributed by atoms with Crippen LogP contribution in [0.15, 0.2) is 12.1 Å². The first-order valence-corrected chi connectivity index (χ1v) is 7.49. The third kappa shape index (κ3) is 3.80. The lowest BCUT2D eigenvalue weighted by Crippen LogP contribution is -2.22. The molecular weight excluding hydrogens is 228 g/mol. The molecule has 2 nitrogen and oxygen atoms in total. The molecule has 2 rings (SSSR count). The van der Waals surface area contributed by atoms with E-state index in [1.54, 1.807) is 0 Å². The summed E-state index contributed by atoms with van der Waals surface area (Å²) >= 11 is 1.98. The smallest absolute Gasteiger partial charge is 0.0328 e. The molecule has 1 atom stereocenters. The van der Waals surface area contributed by atoms with E-state index in [1.165, 1.54) is 35.7 Å². The van der Waals surface area contributed by atoms with Crippen LogP contribution in [0.2, 0.25) is 0 Å². The molecule has 1 aromatic heterocycles. The van der Waals surface area contributed by atoms with Crippen LogP contribution in [0.1, 0.15) is 30.0 Å². The monoisotopic (exact) mass is 252 g/mol. The predicted octanol–water partition coefficient (Wildman–Crippen LogP) is 2.73. The van der Waals surface area contributed by atoms with Crippen LogP contribution in [-0.2, 0) is 13.0 Å². The van der Waals surface area contributed by atoms with Gasteiger partial charge in [-0.3, -0.25) is 4.90 Å². The highest BCUT2D eigenvalue weighted by molar-refractivity contribution is 7.11. The van der Waals surface area contributed by atoms with Gasteiger partial charge in [0.2, 0.25) is 0 Å². The highest BCUT2D eigenvalue weighted by Crippen LogP contribution is 2.24. The lowest BCUT2D eigenvalue weighted by Gasteiger charge is -2.14. The van der Waals surface area contributed by atoms with Gasteiger partial charge < -0.3 is 5.73 Å². The summed E-state index contributed by atoms with van der Waals surface area (Å²) in [5.41, 5.74) is 5.72. The van der Waals surface area contributed by atoms with Gasteiger partial charge >= 0.3 is 0 Å². The van der Waals surface area contributed by atoms with Gasteiger partial charge in [0.25, 0.3) is 0 Å². The van der Waals surface area contributed by atoms with Crippen molar-refractivity contribution < 1.29 is 0 Å². The van der Waals surface area contributed by atoms with E-state index in [2.05, 4.69) is 30.9 Å². The van der Waals surface area contributed by atoms with Crippen LogP contribution in [0.3, 0.4) is 0 Å². The Kier molecular flexibility index (Phi) is 4.60. The fourth-order valence-electron chi connectivity index (χ4n) is 2.49. The Morgan fingerprint density at radius 2 is 2.18 bits per heavy atom. The van der Waals surface area contributed by atoms with Gasteiger partial charge in [0, 0.05) is 22.8 Å². The van der Waals surface area contributed by atoms with Crippen molar-refractivity contribution in [3.05, 3.63) is 21.9 Å². The lowest BCUT2D eigenvalue weighted by molar-refractivity contribution is 0.320. The van der Waals surface area contributed by atoms with Crippen LogP contribution in [0.5, 0.6) is 0 Å². The van der Waals surface area contributed by atoms with Crippen LogP contribution >= 0.6 is 11.3 Å². The number of thiophene rings is 1. The summed E-state index contributed by atoms with van der Waals surface area (Å²) in [6.45, 7) is 8.95. The van der Waals surface area contributed by atoms with E-state index >= 15 is 0 Å². The number of hydrogen-bond donors (Lipinski definition) is 1. The van der Waals surface area contributed by atoms with E-state index in [9.17, 15) is 0 Å². The normalized spacial score (nSPS) is 21.5. The van der Waals surface area contributed by atoms with Crippen LogP contribution in [-0.4, -0.2) is 24.5 Å². The number of likely N-dealkylation sites (tertiary alicyclic amines) is 1. The fourth-order valence-corrected chi connectivity index (χ4v) is 3.76. The summed E-state index contributed by atoms with van der Waals surface area (Å²) in [6.07, 6.45) is 2.50. The third-order valence-corrected chi connectivity index (χ3v) is 4.50. The summed E-state index contributed by atoms with van der Waals surface area (Å²) in [6, 6.07) is 4.61. The van der Waals surface area contributed by atoms with Gasteiger partial charge in [-0.25, -0.2) is 0 Å². The molecule has 0 radical (unpaired) electrons. The molecule has 96 valence electrons. The molecule has 2 N–H and O–H groups in total. The molecule has 1 aliphatic heterocycles. The minimum Gasteiger partial charge on any atom is -0.330 e. The van der Waals surface area contributed by atoms with Gasteiger partial charge in [0.15, 0.2) is 0 Å². The van der Waals surface area contributed by atoms with E-state index < -0.39 is 0 Å². The zero-order valence-electron chi connectivity index (χ0n) is 11.0. The predicted molar refractivity (Wildman–Crippen MR) is 75.3 cm³/mol. The van der Waals surface area contributed by atoms with Crippen molar-refractivity contribution in [3.8, 4) is 0 Å². The average molecular weight is 252 g/mol. The molecule has 2 heterocycles. The van der Waals surface area contributed by atoms with E-state index in [0.29, 0.717) is 0 Å². The molecule has 0 spiro atoms. The molecule has 0 unspecified atom stereocenters. The highest BCUT2D eigenvalue weighted by Gasteiger charge is 2.21. The van der Waals surface area contributed by atoms with E-state index in [1.807, 2.05) is 11.3 Å². The van der Waals surface area contributed by atoms with Gasteiger partial charge in [0.05, 0.1) is 0 Å². The standard InChI is InChI=1S/C14H24N2S/c1-11(2)7-13-3-4-14(17-13)10-16-6-5-12(8-15)9-16/h3-4,11-12H,5-10,15H2,1-2H3/t12-/m1/s1. The van der Waals surface area contributed by atoms with Crippen molar-refractivity contribution in [2.45, 2.75) is 33.2 Å². The Balaban J connectivity index is 1.85. The molecule has 0 aliphatic carbocycles. The molecule has 17 heavy (non-hydrogen) atoms. The topological polar surface area (TPSA) is 29.3 Å². The van der Waals surface area contributed by atoms with Crippen LogP contribution < -0.4 is 5.73 Å². The first-order valence-electron chi connectivity index (χ1n) is 6.67. The van der Waals surface area contributed by atoms with Crippen molar-refractivity contribution in [2.75, 3.05) is 19.6 Å². The Labute approximate surface area is 109 Å². The maximum Gasteiger partial charge on any atom is 0.0328 e. The van der Waals surface area contributed by atoms with Gasteiger partial charge in [-0.2, -0.15) is 0 Å². The van der Waals surface area contributed by atoms with Crippen molar-refractivity contribution in [2.24, 2.45) is 17.6 Å². The second-order valence-electron chi connectivity index (χ2n) is 5.59. The Morgan fingerprint density at radius 1 is 1.41 bits per heavy atom. The molecule has 0 bridgehead atoms. The largest absolute Gasteiger partial charge is 0.330 e. The fraction of sp³-hybridized carbons (Fsp3) is 0.714. The van der Waals surface area contributed by atoms with Gasteiger partial charge in [-0.15, -0.1) is 11.3 Å². The van der Waals surface area contributed by atoms with Gasteiger partial charge in [-0.1, -0.05) is 13.8 Å². The van der Waals surface area contributed by atoms with E-state index in [4.69, 9.17) is 5.73 Å². The summed E-state index contributed by atoms with van der Waals surface area (Å²) in [4.78, 5) is 5.59. The first-order chi connectivity index (χ1) is 8.17. The second-order valence-corrected chi connectivity index (χ2v) is 6.84. The molecule has 3 heteroatoms.